The van der Waals surface area contributed by atoms with Crippen molar-refractivity contribution in [3.8, 4) is 0 Å². The molecule has 0 aromatic carbocycles. The molecule has 0 saturated carbocycles. The van der Waals surface area contributed by atoms with Crippen molar-refractivity contribution >= 4 is 0 Å². The van der Waals surface area contributed by atoms with Crippen LogP contribution in [0.25, 0.3) is 0 Å². The third-order valence-electron chi connectivity index (χ3n) is 3.16. The normalized spacial score (nSPS) is 17.2. The molecular weight excluding hydrogens is 160 g/mol. The summed E-state index contributed by atoms with van der Waals surface area (Å²) in [7, 11) is 0. The summed E-state index contributed by atoms with van der Waals surface area (Å²) < 4.78 is 0. The Morgan fingerprint density at radius 2 is 1.77 bits per heavy atom. The van der Waals surface area contributed by atoms with E-state index in [1.807, 2.05) is 6.08 Å². The lowest BCUT2D eigenvalue weighted by Crippen LogP contribution is -2.26. The van der Waals surface area contributed by atoms with Crippen LogP contribution >= 0.6 is 0 Å². The Bertz CT molecular complexity index is 159. The molecule has 0 fully saturated rings. The fraction of sp³-hybridized carbons (Fsp3) is 0.833. The molecule has 0 rings (SSSR count). The van der Waals surface area contributed by atoms with Gasteiger partial charge in [0.25, 0.3) is 0 Å². The number of rotatable bonds is 5. The Labute approximate surface area is 82.9 Å². The predicted octanol–water partition coefficient (Wildman–Crippen LogP) is 3.24. The molecule has 2 atom stereocenters. The van der Waals surface area contributed by atoms with E-state index in [0.29, 0.717) is 11.8 Å². The maximum absolute atomic E-state index is 9.72. The van der Waals surface area contributed by atoms with Crippen LogP contribution in [0.3, 0.4) is 0 Å². The number of aliphatic hydroxyl groups excluding tert-OH is 1. The molecule has 0 aliphatic carbocycles. The zero-order valence-electron chi connectivity index (χ0n) is 9.67. The van der Waals surface area contributed by atoms with Crippen molar-refractivity contribution < 1.29 is 5.11 Å². The predicted molar refractivity (Wildman–Crippen MR) is 58.6 cm³/mol. The summed E-state index contributed by atoms with van der Waals surface area (Å²) in [5, 5.41) is 9.72. The second-order valence-electron chi connectivity index (χ2n) is 4.97. The van der Waals surface area contributed by atoms with Gasteiger partial charge in [-0.1, -0.05) is 40.7 Å². The van der Waals surface area contributed by atoms with Crippen LogP contribution in [0, 0.1) is 17.3 Å². The fourth-order valence-electron chi connectivity index (χ4n) is 1.14. The maximum Gasteiger partial charge on any atom is 0.0566 e. The molecule has 0 heterocycles. The minimum atomic E-state index is -0.186. The molecule has 0 saturated heterocycles. The molecule has 1 heteroatoms. The number of hydrogen-bond donors (Lipinski definition) is 1. The molecule has 0 aliphatic heterocycles. The van der Waals surface area contributed by atoms with Crippen LogP contribution < -0.4 is 0 Å². The smallest absolute Gasteiger partial charge is 0.0566 e. The van der Waals surface area contributed by atoms with Gasteiger partial charge >= 0.3 is 0 Å². The molecular formula is C12H24O. The van der Waals surface area contributed by atoms with Crippen LogP contribution in [-0.4, -0.2) is 11.2 Å². The monoisotopic (exact) mass is 184 g/mol. The lowest BCUT2D eigenvalue weighted by molar-refractivity contribution is 0.0808. The van der Waals surface area contributed by atoms with E-state index in [1.54, 1.807) is 0 Å². The molecule has 0 aliphatic rings. The fourth-order valence-corrected chi connectivity index (χ4v) is 1.14. The summed E-state index contributed by atoms with van der Waals surface area (Å²) in [6.45, 7) is 14.4. The van der Waals surface area contributed by atoms with E-state index in [4.69, 9.17) is 0 Å². The van der Waals surface area contributed by atoms with Gasteiger partial charge in [0.05, 0.1) is 6.10 Å². The van der Waals surface area contributed by atoms with E-state index in [9.17, 15) is 5.11 Å². The first-order valence-electron chi connectivity index (χ1n) is 5.13. The quantitative estimate of drug-likeness (QED) is 0.650. The Kier molecular flexibility index (Phi) is 4.69. The summed E-state index contributed by atoms with van der Waals surface area (Å²) in [4.78, 5) is 0. The van der Waals surface area contributed by atoms with E-state index >= 15 is 0 Å². The Morgan fingerprint density at radius 3 is 2.08 bits per heavy atom. The molecule has 0 radical (unpaired) electrons. The van der Waals surface area contributed by atoms with Crippen LogP contribution in [0.4, 0.5) is 0 Å². The lowest BCUT2D eigenvalue weighted by Gasteiger charge is -2.31. The minimum Gasteiger partial charge on any atom is -0.393 e. The highest BCUT2D eigenvalue weighted by atomic mass is 16.3. The Morgan fingerprint density at radius 1 is 1.31 bits per heavy atom. The minimum absolute atomic E-state index is 0.121. The average molecular weight is 184 g/mol. The van der Waals surface area contributed by atoms with E-state index in [2.05, 4.69) is 41.2 Å². The van der Waals surface area contributed by atoms with Gasteiger partial charge in [-0.15, -0.1) is 6.58 Å². The molecule has 78 valence electrons. The summed E-state index contributed by atoms with van der Waals surface area (Å²) in [5.41, 5.74) is 0.121. The summed E-state index contributed by atoms with van der Waals surface area (Å²) >= 11 is 0. The SMILES string of the molecule is C=CC(C)(C)[C@@H](C)C[C@@H](O)C(C)C. The molecule has 0 spiro atoms. The molecule has 0 amide bonds. The van der Waals surface area contributed by atoms with Gasteiger partial charge < -0.3 is 5.11 Å². The maximum atomic E-state index is 9.72. The first-order chi connectivity index (χ1) is 5.81. The van der Waals surface area contributed by atoms with Crippen molar-refractivity contribution in [1.29, 1.82) is 0 Å². The molecule has 1 nitrogen and oxygen atoms in total. The molecule has 13 heavy (non-hydrogen) atoms. The zero-order chi connectivity index (χ0) is 10.6. The van der Waals surface area contributed by atoms with Gasteiger partial charge in [0.1, 0.15) is 0 Å². The standard InChI is InChI=1S/C12H24O/c1-7-12(5,6)10(4)8-11(13)9(2)3/h7,9-11,13H,1,8H2,2-6H3/t10-,11+/m0/s1. The number of aliphatic hydroxyl groups is 1. The second kappa shape index (κ2) is 4.80. The summed E-state index contributed by atoms with van der Waals surface area (Å²) in [5.74, 6) is 0.825. The van der Waals surface area contributed by atoms with Gasteiger partial charge in [0.2, 0.25) is 0 Å². The van der Waals surface area contributed by atoms with Gasteiger partial charge in [-0.05, 0) is 23.7 Å². The molecule has 0 aromatic rings. The molecule has 1 N–H and O–H groups in total. The van der Waals surface area contributed by atoms with Gasteiger partial charge in [-0.3, -0.25) is 0 Å². The van der Waals surface area contributed by atoms with E-state index in [-0.39, 0.29) is 11.5 Å². The van der Waals surface area contributed by atoms with Crippen LogP contribution in [0.15, 0.2) is 12.7 Å². The van der Waals surface area contributed by atoms with Gasteiger partial charge in [0.15, 0.2) is 0 Å². The molecule has 0 bridgehead atoms. The van der Waals surface area contributed by atoms with Crippen LogP contribution in [-0.2, 0) is 0 Å². The lowest BCUT2D eigenvalue weighted by atomic mass is 9.76. The van der Waals surface area contributed by atoms with E-state index in [0.717, 1.165) is 6.42 Å². The highest BCUT2D eigenvalue weighted by Crippen LogP contribution is 2.31. The number of allylic oxidation sites excluding steroid dienone is 1. The third-order valence-corrected chi connectivity index (χ3v) is 3.16. The van der Waals surface area contributed by atoms with Crippen molar-refractivity contribution in [1.82, 2.24) is 0 Å². The Balaban J connectivity index is 4.14. The summed E-state index contributed by atoms with van der Waals surface area (Å²) in [6.07, 6.45) is 2.65. The van der Waals surface area contributed by atoms with Crippen LogP contribution in [0.2, 0.25) is 0 Å². The molecule has 0 aromatic heterocycles. The van der Waals surface area contributed by atoms with Crippen molar-refractivity contribution in [3.05, 3.63) is 12.7 Å². The van der Waals surface area contributed by atoms with E-state index in [1.165, 1.54) is 0 Å². The highest BCUT2D eigenvalue weighted by molar-refractivity contribution is 4.92. The second-order valence-corrected chi connectivity index (χ2v) is 4.97. The largest absolute Gasteiger partial charge is 0.393 e. The average Bonchev–Trinajstić information content (AvgIpc) is 2.04. The van der Waals surface area contributed by atoms with Crippen molar-refractivity contribution in [2.45, 2.75) is 47.1 Å². The van der Waals surface area contributed by atoms with E-state index < -0.39 is 0 Å². The first-order valence-corrected chi connectivity index (χ1v) is 5.13. The third kappa shape index (κ3) is 3.95. The molecule has 0 unspecified atom stereocenters. The van der Waals surface area contributed by atoms with Gasteiger partial charge in [0, 0.05) is 0 Å². The van der Waals surface area contributed by atoms with Gasteiger partial charge in [-0.2, -0.15) is 0 Å². The number of hydrogen-bond acceptors (Lipinski definition) is 1. The topological polar surface area (TPSA) is 20.2 Å². The Hall–Kier alpha value is -0.300. The highest BCUT2D eigenvalue weighted by Gasteiger charge is 2.25. The van der Waals surface area contributed by atoms with Crippen molar-refractivity contribution in [2.24, 2.45) is 17.3 Å². The van der Waals surface area contributed by atoms with Gasteiger partial charge in [-0.25, -0.2) is 0 Å². The summed E-state index contributed by atoms with van der Waals surface area (Å²) in [6, 6.07) is 0. The van der Waals surface area contributed by atoms with Crippen LogP contribution in [0.5, 0.6) is 0 Å². The van der Waals surface area contributed by atoms with Crippen molar-refractivity contribution in [2.75, 3.05) is 0 Å². The van der Waals surface area contributed by atoms with Crippen molar-refractivity contribution in [3.63, 3.8) is 0 Å². The zero-order valence-corrected chi connectivity index (χ0v) is 9.67. The van der Waals surface area contributed by atoms with Crippen LogP contribution in [0.1, 0.15) is 41.0 Å². The first kappa shape index (κ1) is 12.7.